The van der Waals surface area contributed by atoms with Crippen LogP contribution in [0.3, 0.4) is 0 Å². The number of nitriles is 1. The van der Waals surface area contributed by atoms with Gasteiger partial charge in [0.1, 0.15) is 35.4 Å². The standard InChI is InChI=1S/C20H12ClF4N7O/c1-8(19-30-7-32(31-19)20(24)25)33-17-9(5-26)4-11(16-13(17)18(27)29-6-28-16)10-2-3-12(22)14(21)15(10)23/h2-4,6-8,20H,1H3,(H2,27,28,29)/t8-/m1/s1. The number of rotatable bonds is 5. The van der Waals surface area contributed by atoms with E-state index in [0.717, 1.165) is 24.8 Å². The molecule has 4 aromatic rings. The molecule has 2 N–H and O–H groups in total. The molecule has 2 heterocycles. The zero-order valence-electron chi connectivity index (χ0n) is 16.6. The van der Waals surface area contributed by atoms with Crippen LogP contribution in [0, 0.1) is 23.0 Å². The van der Waals surface area contributed by atoms with E-state index >= 15 is 0 Å². The lowest BCUT2D eigenvalue weighted by Crippen LogP contribution is -2.09. The first-order chi connectivity index (χ1) is 15.7. The van der Waals surface area contributed by atoms with Gasteiger partial charge in [-0.05, 0) is 25.1 Å². The van der Waals surface area contributed by atoms with Crippen molar-refractivity contribution < 1.29 is 22.3 Å². The second kappa shape index (κ2) is 8.51. The molecule has 0 spiro atoms. The van der Waals surface area contributed by atoms with Crippen LogP contribution in [0.25, 0.3) is 22.0 Å². The Balaban J connectivity index is 1.91. The van der Waals surface area contributed by atoms with Crippen molar-refractivity contribution in [2.24, 2.45) is 0 Å². The van der Waals surface area contributed by atoms with Gasteiger partial charge in [0, 0.05) is 11.1 Å². The maximum atomic E-state index is 14.8. The number of aromatic nitrogens is 5. The van der Waals surface area contributed by atoms with Crippen LogP contribution >= 0.6 is 11.6 Å². The fourth-order valence-electron chi connectivity index (χ4n) is 3.18. The number of anilines is 1. The second-order valence-corrected chi connectivity index (χ2v) is 7.12. The molecular weight excluding hydrogens is 466 g/mol. The fraction of sp³-hybridized carbons (Fsp3) is 0.150. The third kappa shape index (κ3) is 3.87. The third-order valence-electron chi connectivity index (χ3n) is 4.72. The summed E-state index contributed by atoms with van der Waals surface area (Å²) in [6, 6.07) is 5.31. The molecular formula is C20H12ClF4N7O. The summed E-state index contributed by atoms with van der Waals surface area (Å²) in [4.78, 5) is 11.8. The highest BCUT2D eigenvalue weighted by atomic mass is 35.5. The summed E-state index contributed by atoms with van der Waals surface area (Å²) in [5.41, 5.74) is 5.98. The van der Waals surface area contributed by atoms with Crippen LogP contribution < -0.4 is 10.5 Å². The van der Waals surface area contributed by atoms with Crippen LogP contribution in [-0.4, -0.2) is 24.7 Å². The van der Waals surface area contributed by atoms with Crippen molar-refractivity contribution >= 4 is 28.3 Å². The lowest BCUT2D eigenvalue weighted by Gasteiger charge is -2.18. The van der Waals surface area contributed by atoms with Crippen LogP contribution in [0.5, 0.6) is 5.75 Å². The second-order valence-electron chi connectivity index (χ2n) is 6.74. The van der Waals surface area contributed by atoms with Crippen molar-refractivity contribution in [1.82, 2.24) is 24.7 Å². The predicted octanol–water partition coefficient (Wildman–Crippen LogP) is 4.81. The molecule has 13 heteroatoms. The number of nitrogens with zero attached hydrogens (tertiary/aromatic N) is 6. The molecule has 4 rings (SSSR count). The van der Waals surface area contributed by atoms with Gasteiger partial charge in [0.15, 0.2) is 23.5 Å². The molecule has 0 aliphatic rings. The SMILES string of the molecule is C[C@@H](Oc1c(C#N)cc(-c2ccc(F)c(Cl)c2F)c2ncnc(N)c12)c1ncn(C(F)F)n1. The molecule has 8 nitrogen and oxygen atoms in total. The Hall–Kier alpha value is -3.98. The van der Waals surface area contributed by atoms with Gasteiger partial charge in [-0.1, -0.05) is 11.6 Å². The highest BCUT2D eigenvalue weighted by Crippen LogP contribution is 2.41. The van der Waals surface area contributed by atoms with Crippen LogP contribution in [-0.2, 0) is 0 Å². The molecule has 0 fully saturated rings. The van der Waals surface area contributed by atoms with Crippen molar-refractivity contribution in [3.63, 3.8) is 0 Å². The van der Waals surface area contributed by atoms with Gasteiger partial charge in [-0.2, -0.15) is 18.7 Å². The number of hydrogen-bond donors (Lipinski definition) is 1. The van der Waals surface area contributed by atoms with E-state index in [1.165, 1.54) is 13.0 Å². The van der Waals surface area contributed by atoms with Crippen molar-refractivity contribution in [3.8, 4) is 22.9 Å². The van der Waals surface area contributed by atoms with Gasteiger partial charge in [-0.25, -0.2) is 23.7 Å². The number of benzene rings is 2. The van der Waals surface area contributed by atoms with Gasteiger partial charge in [-0.15, -0.1) is 5.10 Å². The van der Waals surface area contributed by atoms with E-state index in [-0.39, 0.29) is 45.0 Å². The lowest BCUT2D eigenvalue weighted by molar-refractivity contribution is 0.0550. The Morgan fingerprint density at radius 1 is 1.18 bits per heavy atom. The number of nitrogen functional groups attached to an aromatic ring is 1. The molecule has 0 amide bonds. The van der Waals surface area contributed by atoms with Crippen molar-refractivity contribution in [1.29, 1.82) is 5.26 Å². The molecule has 0 radical (unpaired) electrons. The minimum absolute atomic E-state index is 0.0616. The first kappa shape index (κ1) is 22.2. The average Bonchev–Trinajstić information content (AvgIpc) is 3.29. The van der Waals surface area contributed by atoms with E-state index in [0.29, 0.717) is 4.68 Å². The summed E-state index contributed by atoms with van der Waals surface area (Å²) in [6.45, 7) is -1.42. The van der Waals surface area contributed by atoms with Crippen LogP contribution in [0.15, 0.2) is 30.9 Å². The maximum absolute atomic E-state index is 14.8. The number of ether oxygens (including phenoxy) is 1. The molecule has 0 saturated carbocycles. The Morgan fingerprint density at radius 2 is 1.94 bits per heavy atom. The maximum Gasteiger partial charge on any atom is 0.334 e. The zero-order chi connectivity index (χ0) is 23.9. The monoisotopic (exact) mass is 477 g/mol. The molecule has 0 aliphatic carbocycles. The topological polar surface area (TPSA) is 116 Å². The highest BCUT2D eigenvalue weighted by Gasteiger charge is 2.25. The lowest BCUT2D eigenvalue weighted by atomic mass is 9.97. The first-order valence-electron chi connectivity index (χ1n) is 9.19. The molecule has 0 unspecified atom stereocenters. The van der Waals surface area contributed by atoms with Gasteiger partial charge in [-0.3, -0.25) is 0 Å². The van der Waals surface area contributed by atoms with Gasteiger partial charge in [0.2, 0.25) is 0 Å². The minimum atomic E-state index is -2.89. The van der Waals surface area contributed by atoms with Crippen LogP contribution in [0.1, 0.15) is 31.0 Å². The first-order valence-corrected chi connectivity index (χ1v) is 9.57. The smallest absolute Gasteiger partial charge is 0.334 e. The minimum Gasteiger partial charge on any atom is -0.480 e. The van der Waals surface area contributed by atoms with E-state index in [1.807, 2.05) is 6.07 Å². The summed E-state index contributed by atoms with van der Waals surface area (Å²) in [5, 5.41) is 12.7. The molecule has 33 heavy (non-hydrogen) atoms. The Morgan fingerprint density at radius 3 is 2.61 bits per heavy atom. The number of alkyl halides is 2. The Labute approximate surface area is 188 Å². The van der Waals surface area contributed by atoms with E-state index in [2.05, 4.69) is 20.1 Å². The predicted molar refractivity (Wildman–Crippen MR) is 109 cm³/mol. The van der Waals surface area contributed by atoms with Crippen molar-refractivity contribution in [3.05, 3.63) is 58.9 Å². The molecule has 2 aromatic heterocycles. The van der Waals surface area contributed by atoms with Crippen molar-refractivity contribution in [2.45, 2.75) is 19.6 Å². The average molecular weight is 478 g/mol. The summed E-state index contributed by atoms with van der Waals surface area (Å²) >= 11 is 5.71. The molecule has 2 aromatic carbocycles. The van der Waals surface area contributed by atoms with Gasteiger partial charge < -0.3 is 10.5 Å². The van der Waals surface area contributed by atoms with E-state index in [9.17, 15) is 22.8 Å². The third-order valence-corrected chi connectivity index (χ3v) is 5.07. The van der Waals surface area contributed by atoms with E-state index in [1.54, 1.807) is 0 Å². The van der Waals surface area contributed by atoms with Crippen LogP contribution in [0.2, 0.25) is 5.02 Å². The number of nitrogens with two attached hydrogens (primary N) is 1. The number of hydrogen-bond acceptors (Lipinski definition) is 7. The number of halogens is 5. The van der Waals surface area contributed by atoms with Gasteiger partial charge in [0.05, 0.1) is 16.5 Å². The molecule has 0 aliphatic heterocycles. The quantitative estimate of drug-likeness (QED) is 0.324. The largest absolute Gasteiger partial charge is 0.480 e. The molecule has 0 saturated heterocycles. The Bertz CT molecular complexity index is 1420. The van der Waals surface area contributed by atoms with Crippen LogP contribution in [0.4, 0.5) is 23.4 Å². The fourth-order valence-corrected chi connectivity index (χ4v) is 3.35. The number of fused-ring (bicyclic) bond motifs is 1. The molecule has 0 bridgehead atoms. The summed E-state index contributed by atoms with van der Waals surface area (Å²) in [6.07, 6.45) is 0.975. The molecule has 1 atom stereocenters. The van der Waals surface area contributed by atoms with Crippen molar-refractivity contribution in [2.75, 3.05) is 5.73 Å². The molecule has 168 valence electrons. The van der Waals surface area contributed by atoms with E-state index in [4.69, 9.17) is 22.1 Å². The Kier molecular flexibility index (Phi) is 5.73. The summed E-state index contributed by atoms with van der Waals surface area (Å²) < 4.78 is 60.3. The summed E-state index contributed by atoms with van der Waals surface area (Å²) in [7, 11) is 0. The zero-order valence-corrected chi connectivity index (χ0v) is 17.4. The van der Waals surface area contributed by atoms with Gasteiger partial charge >= 0.3 is 6.55 Å². The summed E-state index contributed by atoms with van der Waals surface area (Å²) in [5.74, 6) is -2.27. The van der Waals surface area contributed by atoms with Gasteiger partial charge in [0.25, 0.3) is 0 Å². The normalized spacial score (nSPS) is 12.2. The highest BCUT2D eigenvalue weighted by molar-refractivity contribution is 6.31. The van der Waals surface area contributed by atoms with E-state index < -0.39 is 29.3 Å².